The molecular weight excluding hydrogens is 655 g/mol. The van der Waals surface area contributed by atoms with Gasteiger partial charge in [-0.15, -0.1) is 0 Å². The van der Waals surface area contributed by atoms with Gasteiger partial charge in [0.15, 0.2) is 5.82 Å². The molecule has 9 rings (SSSR count). The summed E-state index contributed by atoms with van der Waals surface area (Å²) >= 11 is 0. The molecule has 2 heterocycles. The lowest BCUT2D eigenvalue weighted by atomic mass is 9.67. The van der Waals surface area contributed by atoms with Crippen LogP contribution in [0.4, 0.5) is 0 Å². The molecule has 0 aliphatic heterocycles. The van der Waals surface area contributed by atoms with Gasteiger partial charge in [0.05, 0.1) is 16.8 Å². The van der Waals surface area contributed by atoms with Crippen molar-refractivity contribution in [1.82, 2.24) is 15.0 Å². The molecular formula is C51H41N3. The molecule has 2 aromatic heterocycles. The first kappa shape index (κ1) is 33.4. The van der Waals surface area contributed by atoms with Crippen molar-refractivity contribution >= 4 is 0 Å². The smallest absolute Gasteiger partial charge is 0.160 e. The van der Waals surface area contributed by atoms with Crippen molar-refractivity contribution in [3.63, 3.8) is 0 Å². The molecule has 0 fully saturated rings. The van der Waals surface area contributed by atoms with E-state index in [9.17, 15) is 0 Å². The van der Waals surface area contributed by atoms with Crippen LogP contribution in [-0.2, 0) is 10.8 Å². The summed E-state index contributed by atoms with van der Waals surface area (Å²) in [5.41, 5.74) is 16.2. The normalized spacial score (nSPS) is 13.0. The Labute approximate surface area is 318 Å². The van der Waals surface area contributed by atoms with Crippen LogP contribution in [0.2, 0.25) is 0 Å². The fraction of sp³-hybridized carbons (Fsp3) is 0.118. The molecule has 3 heteroatoms. The predicted octanol–water partition coefficient (Wildman–Crippen LogP) is 12.5. The van der Waals surface area contributed by atoms with Gasteiger partial charge in [0.1, 0.15) is 0 Å². The fourth-order valence-corrected chi connectivity index (χ4v) is 8.17. The Bertz CT molecular complexity index is 2580. The minimum Gasteiger partial charge on any atom is -0.257 e. The minimum atomic E-state index is -0.502. The van der Waals surface area contributed by atoms with Crippen molar-refractivity contribution in [2.24, 2.45) is 0 Å². The zero-order chi connectivity index (χ0) is 36.9. The third kappa shape index (κ3) is 5.64. The Kier molecular flexibility index (Phi) is 8.16. The zero-order valence-corrected chi connectivity index (χ0v) is 31.1. The maximum absolute atomic E-state index is 5.30. The van der Waals surface area contributed by atoms with Crippen molar-refractivity contribution < 1.29 is 0 Å². The summed E-state index contributed by atoms with van der Waals surface area (Å²) < 4.78 is 0. The van der Waals surface area contributed by atoms with E-state index in [0.717, 1.165) is 50.6 Å². The molecule has 1 aliphatic rings. The van der Waals surface area contributed by atoms with E-state index in [-0.39, 0.29) is 5.41 Å². The molecule has 6 aromatic carbocycles. The molecule has 54 heavy (non-hydrogen) atoms. The third-order valence-electron chi connectivity index (χ3n) is 10.9. The molecule has 0 bridgehead atoms. The van der Waals surface area contributed by atoms with Gasteiger partial charge >= 0.3 is 0 Å². The molecule has 3 nitrogen and oxygen atoms in total. The molecule has 0 saturated carbocycles. The first-order valence-electron chi connectivity index (χ1n) is 18.7. The third-order valence-corrected chi connectivity index (χ3v) is 10.9. The van der Waals surface area contributed by atoms with Crippen LogP contribution >= 0.6 is 0 Å². The van der Waals surface area contributed by atoms with Crippen molar-refractivity contribution in [3.8, 4) is 56.2 Å². The largest absolute Gasteiger partial charge is 0.257 e. The van der Waals surface area contributed by atoms with E-state index in [4.69, 9.17) is 15.0 Å². The lowest BCUT2D eigenvalue weighted by molar-refractivity contribution is 0.567. The van der Waals surface area contributed by atoms with Gasteiger partial charge in [-0.25, -0.2) is 9.97 Å². The number of rotatable bonds is 6. The first-order valence-corrected chi connectivity index (χ1v) is 18.7. The van der Waals surface area contributed by atoms with Crippen LogP contribution in [0.15, 0.2) is 176 Å². The standard InChI is InChI=1S/C51H41N3/c1-34-41(30-31-48(52-34)50(2,3)4)35-24-26-37(27-25-35)47-33-46(36-16-8-5-9-17-36)53-49(54-47)38-28-29-43-42-22-14-15-23-44(42)51(45(43)32-38,39-18-10-6-11-19-39)40-20-12-7-13-21-40/h5-33H,1-4H3. The van der Waals surface area contributed by atoms with Gasteiger partial charge in [-0.1, -0.05) is 178 Å². The van der Waals surface area contributed by atoms with Crippen LogP contribution in [0.25, 0.3) is 56.2 Å². The van der Waals surface area contributed by atoms with E-state index in [0.29, 0.717) is 5.82 Å². The molecule has 0 amide bonds. The Morgan fingerprint density at radius 1 is 0.407 bits per heavy atom. The van der Waals surface area contributed by atoms with Gasteiger partial charge in [-0.05, 0) is 64.1 Å². The summed E-state index contributed by atoms with van der Waals surface area (Å²) in [6, 6.07) is 63.0. The van der Waals surface area contributed by atoms with Gasteiger partial charge in [0, 0.05) is 39.1 Å². The Hall–Kier alpha value is -6.45. The second-order valence-corrected chi connectivity index (χ2v) is 15.3. The van der Waals surface area contributed by atoms with Gasteiger partial charge in [0.2, 0.25) is 0 Å². The lowest BCUT2D eigenvalue weighted by Crippen LogP contribution is -2.28. The highest BCUT2D eigenvalue weighted by Crippen LogP contribution is 2.56. The molecule has 0 atom stereocenters. The van der Waals surface area contributed by atoms with E-state index < -0.39 is 5.41 Å². The van der Waals surface area contributed by atoms with Crippen LogP contribution in [0.5, 0.6) is 0 Å². The molecule has 0 N–H and O–H groups in total. The zero-order valence-electron chi connectivity index (χ0n) is 31.1. The van der Waals surface area contributed by atoms with Crippen LogP contribution < -0.4 is 0 Å². The number of benzene rings is 6. The molecule has 8 aromatic rings. The molecule has 0 unspecified atom stereocenters. The summed E-state index contributed by atoms with van der Waals surface area (Å²) in [7, 11) is 0. The summed E-state index contributed by atoms with van der Waals surface area (Å²) in [4.78, 5) is 15.5. The number of aromatic nitrogens is 3. The van der Waals surface area contributed by atoms with Crippen LogP contribution in [0.1, 0.15) is 54.4 Å². The molecule has 1 aliphatic carbocycles. The van der Waals surface area contributed by atoms with E-state index in [1.54, 1.807) is 0 Å². The summed E-state index contributed by atoms with van der Waals surface area (Å²) in [6.07, 6.45) is 0. The molecule has 0 radical (unpaired) electrons. The van der Waals surface area contributed by atoms with E-state index in [2.05, 4.69) is 198 Å². The predicted molar refractivity (Wildman–Crippen MR) is 222 cm³/mol. The van der Waals surface area contributed by atoms with Crippen molar-refractivity contribution in [2.45, 2.75) is 38.5 Å². The van der Waals surface area contributed by atoms with Gasteiger partial charge in [-0.2, -0.15) is 0 Å². The minimum absolute atomic E-state index is 0.00172. The SMILES string of the molecule is Cc1nc(C(C)(C)C)ccc1-c1ccc(-c2cc(-c3ccccc3)nc(-c3ccc4c(c3)C(c3ccccc3)(c3ccccc3)c3ccccc3-4)n2)cc1. The van der Waals surface area contributed by atoms with E-state index in [1.807, 2.05) is 6.07 Å². The number of pyridine rings is 1. The quantitative estimate of drug-likeness (QED) is 0.174. The summed E-state index contributed by atoms with van der Waals surface area (Å²) in [5.74, 6) is 0.696. The lowest BCUT2D eigenvalue weighted by Gasteiger charge is -2.34. The first-order chi connectivity index (χ1) is 26.3. The Morgan fingerprint density at radius 3 is 1.52 bits per heavy atom. The number of fused-ring (bicyclic) bond motifs is 3. The second kappa shape index (κ2) is 13.2. The highest BCUT2D eigenvalue weighted by Gasteiger charge is 2.46. The van der Waals surface area contributed by atoms with Gasteiger partial charge in [-0.3, -0.25) is 4.98 Å². The second-order valence-electron chi connectivity index (χ2n) is 15.3. The highest BCUT2D eigenvalue weighted by atomic mass is 14.9. The van der Waals surface area contributed by atoms with Gasteiger partial charge < -0.3 is 0 Å². The summed E-state index contributed by atoms with van der Waals surface area (Å²) in [6.45, 7) is 8.70. The number of aryl methyl sites for hydroxylation is 1. The molecule has 0 spiro atoms. The van der Waals surface area contributed by atoms with Crippen LogP contribution in [0.3, 0.4) is 0 Å². The average molecular weight is 696 g/mol. The van der Waals surface area contributed by atoms with Crippen LogP contribution in [0, 0.1) is 6.92 Å². The van der Waals surface area contributed by atoms with Crippen molar-refractivity contribution in [3.05, 3.63) is 210 Å². The van der Waals surface area contributed by atoms with E-state index in [1.165, 1.54) is 33.4 Å². The van der Waals surface area contributed by atoms with Crippen molar-refractivity contribution in [2.75, 3.05) is 0 Å². The molecule has 0 saturated heterocycles. The Morgan fingerprint density at radius 2 is 0.907 bits per heavy atom. The number of hydrogen-bond acceptors (Lipinski definition) is 3. The van der Waals surface area contributed by atoms with Crippen LogP contribution in [-0.4, -0.2) is 15.0 Å². The van der Waals surface area contributed by atoms with Crippen molar-refractivity contribution in [1.29, 1.82) is 0 Å². The maximum Gasteiger partial charge on any atom is 0.160 e. The van der Waals surface area contributed by atoms with Gasteiger partial charge in [0.25, 0.3) is 0 Å². The monoisotopic (exact) mass is 695 g/mol. The maximum atomic E-state index is 5.30. The highest BCUT2D eigenvalue weighted by molar-refractivity contribution is 5.88. The summed E-state index contributed by atoms with van der Waals surface area (Å²) in [5, 5.41) is 0. The fourth-order valence-electron chi connectivity index (χ4n) is 8.17. The molecule has 260 valence electrons. The average Bonchev–Trinajstić information content (AvgIpc) is 3.52. The Balaban J connectivity index is 1.20. The number of nitrogens with zero attached hydrogens (tertiary/aromatic N) is 3. The number of hydrogen-bond donors (Lipinski definition) is 0. The topological polar surface area (TPSA) is 38.7 Å². The van der Waals surface area contributed by atoms with E-state index >= 15 is 0 Å².